The molecule has 0 aromatic heterocycles. The Morgan fingerprint density at radius 1 is 1.14 bits per heavy atom. The number of phenolic OH excluding ortho intramolecular Hbond substituents is 1. The molecule has 0 aliphatic heterocycles. The molecule has 0 aliphatic carbocycles. The third-order valence-electron chi connectivity index (χ3n) is 2.75. The van der Waals surface area contributed by atoms with Crippen molar-refractivity contribution in [3.05, 3.63) is 58.1 Å². The number of carboxylic acid groups (broad SMARTS) is 1. The van der Waals surface area contributed by atoms with Gasteiger partial charge < -0.3 is 15.5 Å². The molecule has 0 saturated heterocycles. The van der Waals surface area contributed by atoms with Gasteiger partial charge in [-0.25, -0.2) is 0 Å². The van der Waals surface area contributed by atoms with E-state index in [1.54, 1.807) is 24.3 Å². The summed E-state index contributed by atoms with van der Waals surface area (Å²) in [7, 11) is 0. The lowest BCUT2D eigenvalue weighted by Crippen LogP contribution is -2.12. The number of hydrogen-bond acceptors (Lipinski definition) is 3. The van der Waals surface area contributed by atoms with Gasteiger partial charge in [-0.2, -0.15) is 0 Å². The summed E-state index contributed by atoms with van der Waals surface area (Å²) < 4.78 is 0.763. The maximum absolute atomic E-state index is 12.1. The number of carbonyl (C=O) groups is 2. The summed E-state index contributed by atoms with van der Waals surface area (Å²) in [6.45, 7) is 0. The Kier molecular flexibility index (Phi) is 4.59. The minimum atomic E-state index is -0.982. The summed E-state index contributed by atoms with van der Waals surface area (Å²) in [5, 5.41) is 21.1. The summed E-state index contributed by atoms with van der Waals surface area (Å²) in [6.07, 6.45) is -0.181. The van der Waals surface area contributed by atoms with E-state index in [2.05, 4.69) is 21.2 Å². The van der Waals surface area contributed by atoms with Crippen LogP contribution < -0.4 is 5.32 Å². The average molecular weight is 350 g/mol. The summed E-state index contributed by atoms with van der Waals surface area (Å²) >= 11 is 3.27. The number of rotatable bonds is 4. The zero-order valence-corrected chi connectivity index (χ0v) is 12.4. The molecule has 2 aromatic rings. The fraction of sp³-hybridized carbons (Fsp3) is 0.0667. The molecule has 3 N–H and O–H groups in total. The maximum Gasteiger partial charge on any atom is 0.307 e. The van der Waals surface area contributed by atoms with Crippen LogP contribution in [0.3, 0.4) is 0 Å². The van der Waals surface area contributed by atoms with Crippen LogP contribution in [0, 0.1) is 0 Å². The highest BCUT2D eigenvalue weighted by Crippen LogP contribution is 2.25. The van der Waals surface area contributed by atoms with Crippen molar-refractivity contribution in [2.24, 2.45) is 0 Å². The second kappa shape index (κ2) is 6.41. The topological polar surface area (TPSA) is 86.6 Å². The monoisotopic (exact) mass is 349 g/mol. The summed E-state index contributed by atoms with van der Waals surface area (Å²) in [4.78, 5) is 22.8. The Balaban J connectivity index is 2.22. The van der Waals surface area contributed by atoms with E-state index < -0.39 is 5.97 Å². The van der Waals surface area contributed by atoms with Crippen LogP contribution in [0.15, 0.2) is 46.9 Å². The highest BCUT2D eigenvalue weighted by molar-refractivity contribution is 9.10. The van der Waals surface area contributed by atoms with Crippen molar-refractivity contribution < 1.29 is 19.8 Å². The zero-order valence-electron chi connectivity index (χ0n) is 10.8. The number of carboxylic acids is 1. The van der Waals surface area contributed by atoms with Gasteiger partial charge in [-0.3, -0.25) is 9.59 Å². The molecule has 0 aliphatic rings. The lowest BCUT2D eigenvalue weighted by atomic mass is 10.1. The first-order valence-corrected chi connectivity index (χ1v) is 6.85. The van der Waals surface area contributed by atoms with Crippen molar-refractivity contribution in [2.75, 3.05) is 5.32 Å². The van der Waals surface area contributed by atoms with E-state index in [9.17, 15) is 14.7 Å². The number of hydrogen-bond donors (Lipinski definition) is 3. The van der Waals surface area contributed by atoms with Crippen LogP contribution in [0.1, 0.15) is 15.9 Å². The van der Waals surface area contributed by atoms with Gasteiger partial charge in [0.05, 0.1) is 12.1 Å². The lowest BCUT2D eigenvalue weighted by Gasteiger charge is -2.09. The number of anilines is 1. The van der Waals surface area contributed by atoms with E-state index in [1.165, 1.54) is 18.2 Å². The van der Waals surface area contributed by atoms with Gasteiger partial charge >= 0.3 is 5.97 Å². The summed E-state index contributed by atoms with van der Waals surface area (Å²) in [5.41, 5.74) is 1.09. The summed E-state index contributed by atoms with van der Waals surface area (Å²) in [6, 6.07) is 11.1. The molecule has 0 fully saturated rings. The van der Waals surface area contributed by atoms with Crippen molar-refractivity contribution >= 4 is 33.5 Å². The molecule has 2 aromatic carbocycles. The first-order valence-electron chi connectivity index (χ1n) is 6.06. The van der Waals surface area contributed by atoms with Gasteiger partial charge in [-0.05, 0) is 35.9 Å². The molecule has 2 rings (SSSR count). The highest BCUT2D eigenvalue weighted by atomic mass is 79.9. The van der Waals surface area contributed by atoms with Crippen LogP contribution in [0.2, 0.25) is 0 Å². The summed E-state index contributed by atoms with van der Waals surface area (Å²) in [5.74, 6) is -1.49. The van der Waals surface area contributed by atoms with E-state index in [0.29, 0.717) is 11.1 Å². The Morgan fingerprint density at radius 2 is 1.90 bits per heavy atom. The minimum Gasteiger partial charge on any atom is -0.506 e. The van der Waals surface area contributed by atoms with Crippen LogP contribution in [-0.4, -0.2) is 22.1 Å². The molecule has 0 bridgehead atoms. The standard InChI is InChI=1S/C15H12BrNO4/c16-11-3-1-2-10(8-11)15(21)17-12-6-9(7-14(19)20)4-5-13(12)18/h1-6,8,18H,7H2,(H,17,21)(H,19,20). The predicted molar refractivity (Wildman–Crippen MR) is 81.5 cm³/mol. The van der Waals surface area contributed by atoms with E-state index in [1.807, 2.05) is 0 Å². The van der Waals surface area contributed by atoms with Gasteiger partial charge in [0, 0.05) is 10.0 Å². The number of aromatic hydroxyl groups is 1. The van der Waals surface area contributed by atoms with Gasteiger partial charge in [-0.15, -0.1) is 0 Å². The molecular weight excluding hydrogens is 338 g/mol. The van der Waals surface area contributed by atoms with E-state index >= 15 is 0 Å². The molecule has 1 amide bonds. The number of aliphatic carboxylic acids is 1. The van der Waals surface area contributed by atoms with Gasteiger partial charge in [0.1, 0.15) is 5.75 Å². The Bertz CT molecular complexity index is 700. The average Bonchev–Trinajstić information content (AvgIpc) is 2.42. The van der Waals surface area contributed by atoms with Gasteiger partial charge in [0.2, 0.25) is 0 Å². The highest BCUT2D eigenvalue weighted by Gasteiger charge is 2.11. The van der Waals surface area contributed by atoms with Crippen molar-refractivity contribution in [3.8, 4) is 5.75 Å². The van der Waals surface area contributed by atoms with Crippen molar-refractivity contribution in [3.63, 3.8) is 0 Å². The van der Waals surface area contributed by atoms with Crippen molar-refractivity contribution in [1.82, 2.24) is 0 Å². The minimum absolute atomic E-state index is 0.118. The third kappa shape index (κ3) is 4.06. The van der Waals surface area contributed by atoms with Gasteiger partial charge in [-0.1, -0.05) is 28.1 Å². The maximum atomic E-state index is 12.1. The van der Waals surface area contributed by atoms with Gasteiger partial charge in [0.15, 0.2) is 0 Å². The molecule has 0 spiro atoms. The SMILES string of the molecule is O=C(O)Cc1ccc(O)c(NC(=O)c2cccc(Br)c2)c1. The Morgan fingerprint density at radius 3 is 2.57 bits per heavy atom. The Labute approximate surface area is 129 Å². The number of nitrogens with one attached hydrogen (secondary N) is 1. The van der Waals surface area contributed by atoms with E-state index in [4.69, 9.17) is 5.11 Å². The molecule has 0 radical (unpaired) electrons. The fourth-order valence-electron chi connectivity index (χ4n) is 1.79. The van der Waals surface area contributed by atoms with E-state index in [0.717, 1.165) is 4.47 Å². The van der Waals surface area contributed by atoms with Crippen LogP contribution in [-0.2, 0) is 11.2 Å². The smallest absolute Gasteiger partial charge is 0.307 e. The van der Waals surface area contributed by atoms with Crippen LogP contribution in [0.25, 0.3) is 0 Å². The fourth-order valence-corrected chi connectivity index (χ4v) is 2.19. The van der Waals surface area contributed by atoms with Crippen LogP contribution >= 0.6 is 15.9 Å². The van der Waals surface area contributed by atoms with Gasteiger partial charge in [0.25, 0.3) is 5.91 Å². The molecule has 0 heterocycles. The zero-order chi connectivity index (χ0) is 15.4. The number of benzene rings is 2. The molecule has 0 atom stereocenters. The molecule has 0 saturated carbocycles. The quantitative estimate of drug-likeness (QED) is 0.740. The van der Waals surface area contributed by atoms with Crippen LogP contribution in [0.5, 0.6) is 5.75 Å². The first kappa shape index (κ1) is 15.1. The van der Waals surface area contributed by atoms with Crippen molar-refractivity contribution in [2.45, 2.75) is 6.42 Å². The molecule has 0 unspecified atom stereocenters. The normalized spacial score (nSPS) is 10.1. The number of amides is 1. The molecule has 5 nitrogen and oxygen atoms in total. The number of halogens is 1. The predicted octanol–water partition coefficient (Wildman–Crippen LogP) is 3.03. The molecule has 108 valence electrons. The Hall–Kier alpha value is -2.34. The molecule has 21 heavy (non-hydrogen) atoms. The first-order chi connectivity index (χ1) is 9.95. The second-order valence-corrected chi connectivity index (χ2v) is 5.30. The third-order valence-corrected chi connectivity index (χ3v) is 3.24. The molecule has 6 heteroatoms. The largest absolute Gasteiger partial charge is 0.506 e. The second-order valence-electron chi connectivity index (χ2n) is 4.39. The van der Waals surface area contributed by atoms with E-state index in [-0.39, 0.29) is 23.8 Å². The lowest BCUT2D eigenvalue weighted by molar-refractivity contribution is -0.136. The van der Waals surface area contributed by atoms with Crippen molar-refractivity contribution in [1.29, 1.82) is 0 Å². The molecular formula is C15H12BrNO4. The number of phenols is 1. The van der Waals surface area contributed by atoms with Crippen LogP contribution in [0.4, 0.5) is 5.69 Å². The number of carbonyl (C=O) groups excluding carboxylic acids is 1.